The number of amides is 1. The van der Waals surface area contributed by atoms with Gasteiger partial charge in [-0.1, -0.05) is 13.0 Å². The molecule has 3 heterocycles. The second kappa shape index (κ2) is 7.57. The topological polar surface area (TPSA) is 103 Å². The van der Waals surface area contributed by atoms with Gasteiger partial charge in [0.1, 0.15) is 5.69 Å². The molecule has 1 aliphatic heterocycles. The van der Waals surface area contributed by atoms with Crippen molar-refractivity contribution in [1.29, 1.82) is 0 Å². The number of nitrogens with zero attached hydrogens (tertiary/aromatic N) is 2. The van der Waals surface area contributed by atoms with E-state index >= 15 is 0 Å². The molecular formula is C18H21N3O5. The number of hydrogen-bond acceptors (Lipinski definition) is 5. The fourth-order valence-corrected chi connectivity index (χ4v) is 3.07. The van der Waals surface area contributed by atoms with Gasteiger partial charge in [-0.3, -0.25) is 4.79 Å². The fourth-order valence-electron chi connectivity index (χ4n) is 3.07. The van der Waals surface area contributed by atoms with E-state index in [0.717, 1.165) is 5.56 Å². The summed E-state index contributed by atoms with van der Waals surface area (Å²) < 4.78 is 12.1. The zero-order valence-electron chi connectivity index (χ0n) is 14.7. The summed E-state index contributed by atoms with van der Waals surface area (Å²) >= 11 is 0. The van der Waals surface area contributed by atoms with Crippen molar-refractivity contribution in [2.75, 3.05) is 13.7 Å². The Morgan fingerprint density at radius 2 is 2.27 bits per heavy atom. The molecule has 0 bridgehead atoms. The summed E-state index contributed by atoms with van der Waals surface area (Å²) in [6.07, 6.45) is 2.33. The number of pyridine rings is 1. The summed E-state index contributed by atoms with van der Waals surface area (Å²) in [6, 6.07) is 4.76. The highest BCUT2D eigenvalue weighted by molar-refractivity contribution is 5.99. The molecule has 26 heavy (non-hydrogen) atoms. The number of carboxylic acids is 1. The first kappa shape index (κ1) is 17.9. The van der Waals surface area contributed by atoms with Crippen molar-refractivity contribution >= 4 is 11.9 Å². The molecule has 8 heteroatoms. The van der Waals surface area contributed by atoms with Crippen molar-refractivity contribution in [3.8, 4) is 5.88 Å². The first-order chi connectivity index (χ1) is 12.5. The van der Waals surface area contributed by atoms with Crippen LogP contribution in [0.4, 0.5) is 0 Å². The Morgan fingerprint density at radius 3 is 2.88 bits per heavy atom. The number of aromatic carboxylic acids is 1. The summed E-state index contributed by atoms with van der Waals surface area (Å²) in [5.41, 5.74) is 1.88. The molecule has 8 nitrogen and oxygen atoms in total. The van der Waals surface area contributed by atoms with Gasteiger partial charge in [-0.2, -0.15) is 0 Å². The standard InChI is InChI=1S/C18H21N3O5/c1-3-13(11-4-5-16(25-2)19-9-11)20-17(22)12-8-14(18(23)24)21-6-7-26-10-15(12)21/h4-5,8-9,13H,3,6-7,10H2,1-2H3,(H,20,22)(H,23,24)/t13-/m1/s1. The van der Waals surface area contributed by atoms with Crippen molar-refractivity contribution in [3.05, 3.63) is 46.9 Å². The van der Waals surface area contributed by atoms with E-state index in [1.54, 1.807) is 23.9 Å². The lowest BCUT2D eigenvalue weighted by atomic mass is 10.1. The van der Waals surface area contributed by atoms with Gasteiger partial charge in [-0.25, -0.2) is 9.78 Å². The molecule has 0 saturated carbocycles. The van der Waals surface area contributed by atoms with Gasteiger partial charge < -0.3 is 24.5 Å². The third-order valence-electron chi connectivity index (χ3n) is 4.45. The van der Waals surface area contributed by atoms with Crippen LogP contribution in [0.2, 0.25) is 0 Å². The first-order valence-electron chi connectivity index (χ1n) is 8.39. The number of aromatic nitrogens is 2. The predicted molar refractivity (Wildman–Crippen MR) is 92.3 cm³/mol. The molecule has 0 aliphatic carbocycles. The number of ether oxygens (including phenoxy) is 2. The van der Waals surface area contributed by atoms with Crippen molar-refractivity contribution in [2.45, 2.75) is 32.5 Å². The Labute approximate surface area is 150 Å². The molecule has 2 N–H and O–H groups in total. The molecule has 0 unspecified atom stereocenters. The molecule has 2 aromatic heterocycles. The average molecular weight is 359 g/mol. The van der Waals surface area contributed by atoms with Gasteiger partial charge in [0.25, 0.3) is 5.91 Å². The molecular weight excluding hydrogens is 338 g/mol. The lowest BCUT2D eigenvalue weighted by Crippen LogP contribution is -2.29. The number of rotatable bonds is 6. The minimum absolute atomic E-state index is 0.104. The van der Waals surface area contributed by atoms with E-state index in [-0.39, 0.29) is 24.2 Å². The molecule has 0 aromatic carbocycles. The molecule has 138 valence electrons. The molecule has 0 spiro atoms. The van der Waals surface area contributed by atoms with E-state index in [4.69, 9.17) is 9.47 Å². The van der Waals surface area contributed by atoms with Crippen LogP contribution in [0.25, 0.3) is 0 Å². The molecule has 2 aromatic rings. The van der Waals surface area contributed by atoms with Crippen LogP contribution >= 0.6 is 0 Å². The second-order valence-corrected chi connectivity index (χ2v) is 5.97. The molecule has 1 amide bonds. The monoisotopic (exact) mass is 359 g/mol. The number of carbonyl (C=O) groups excluding carboxylic acids is 1. The highest BCUT2D eigenvalue weighted by Gasteiger charge is 2.26. The van der Waals surface area contributed by atoms with Crippen LogP contribution in [0.15, 0.2) is 24.4 Å². The molecule has 3 rings (SSSR count). The van der Waals surface area contributed by atoms with Crippen LogP contribution < -0.4 is 10.1 Å². The third-order valence-corrected chi connectivity index (χ3v) is 4.45. The minimum Gasteiger partial charge on any atom is -0.481 e. The van der Waals surface area contributed by atoms with Crippen LogP contribution in [0, 0.1) is 0 Å². The average Bonchev–Trinajstić information content (AvgIpc) is 3.06. The van der Waals surface area contributed by atoms with Crippen molar-refractivity contribution in [2.24, 2.45) is 0 Å². The maximum Gasteiger partial charge on any atom is 0.352 e. The maximum atomic E-state index is 12.8. The summed E-state index contributed by atoms with van der Waals surface area (Å²) in [5, 5.41) is 12.3. The second-order valence-electron chi connectivity index (χ2n) is 5.97. The number of carboxylic acid groups (broad SMARTS) is 1. The van der Waals surface area contributed by atoms with Gasteiger partial charge in [0, 0.05) is 18.8 Å². The van der Waals surface area contributed by atoms with Crippen molar-refractivity contribution < 1.29 is 24.2 Å². The Bertz CT molecular complexity index is 813. The van der Waals surface area contributed by atoms with Gasteiger partial charge in [0.05, 0.1) is 37.6 Å². The maximum absolute atomic E-state index is 12.8. The summed E-state index contributed by atoms with van der Waals surface area (Å²) in [6.45, 7) is 3.02. The van der Waals surface area contributed by atoms with E-state index < -0.39 is 5.97 Å². The van der Waals surface area contributed by atoms with E-state index in [1.807, 2.05) is 13.0 Å². The Hall–Kier alpha value is -2.87. The molecule has 1 atom stereocenters. The Kier molecular flexibility index (Phi) is 5.22. The summed E-state index contributed by atoms with van der Waals surface area (Å²) in [7, 11) is 1.54. The van der Waals surface area contributed by atoms with E-state index in [9.17, 15) is 14.7 Å². The highest BCUT2D eigenvalue weighted by Crippen LogP contribution is 2.23. The smallest absolute Gasteiger partial charge is 0.352 e. The molecule has 0 radical (unpaired) electrons. The zero-order chi connectivity index (χ0) is 18.7. The number of hydrogen-bond donors (Lipinski definition) is 2. The van der Waals surface area contributed by atoms with E-state index in [1.165, 1.54) is 6.07 Å². The number of methoxy groups -OCH3 is 1. The summed E-state index contributed by atoms with van der Waals surface area (Å²) in [5.74, 6) is -0.882. The number of carbonyl (C=O) groups is 2. The quantitative estimate of drug-likeness (QED) is 0.818. The lowest BCUT2D eigenvalue weighted by Gasteiger charge is -2.20. The largest absolute Gasteiger partial charge is 0.481 e. The molecule has 0 saturated heterocycles. The first-order valence-corrected chi connectivity index (χ1v) is 8.39. The molecule has 1 aliphatic rings. The van der Waals surface area contributed by atoms with Crippen LogP contribution in [0.5, 0.6) is 5.88 Å². The number of nitrogens with one attached hydrogen (secondary N) is 1. The van der Waals surface area contributed by atoms with Gasteiger partial charge in [0.2, 0.25) is 5.88 Å². The van der Waals surface area contributed by atoms with Gasteiger partial charge in [-0.15, -0.1) is 0 Å². The van der Waals surface area contributed by atoms with Gasteiger partial charge in [-0.05, 0) is 18.1 Å². The Morgan fingerprint density at radius 1 is 1.46 bits per heavy atom. The summed E-state index contributed by atoms with van der Waals surface area (Å²) in [4.78, 5) is 28.4. The number of fused-ring (bicyclic) bond motifs is 1. The van der Waals surface area contributed by atoms with Crippen molar-refractivity contribution in [1.82, 2.24) is 14.9 Å². The van der Waals surface area contributed by atoms with Crippen LogP contribution in [0.3, 0.4) is 0 Å². The predicted octanol–water partition coefficient (Wildman–Crippen LogP) is 2.00. The lowest BCUT2D eigenvalue weighted by molar-refractivity contribution is 0.0642. The SMILES string of the molecule is CC[C@@H](NC(=O)c1cc(C(=O)O)n2c1COCC2)c1ccc(OC)nc1. The minimum atomic E-state index is -1.06. The third kappa shape index (κ3) is 3.41. The van der Waals surface area contributed by atoms with Crippen LogP contribution in [0.1, 0.15) is 51.5 Å². The van der Waals surface area contributed by atoms with E-state index in [2.05, 4.69) is 10.3 Å². The van der Waals surface area contributed by atoms with Gasteiger partial charge >= 0.3 is 5.97 Å². The zero-order valence-corrected chi connectivity index (χ0v) is 14.7. The highest BCUT2D eigenvalue weighted by atomic mass is 16.5. The molecule has 0 fully saturated rings. The normalized spacial score (nSPS) is 14.4. The van der Waals surface area contributed by atoms with Crippen LogP contribution in [-0.4, -0.2) is 40.3 Å². The van der Waals surface area contributed by atoms with E-state index in [0.29, 0.717) is 36.7 Å². The van der Waals surface area contributed by atoms with Crippen LogP contribution in [-0.2, 0) is 17.9 Å². The van der Waals surface area contributed by atoms with Gasteiger partial charge in [0.15, 0.2) is 0 Å². The fraction of sp³-hybridized carbons (Fsp3) is 0.389. The Balaban J connectivity index is 1.85. The van der Waals surface area contributed by atoms with Crippen molar-refractivity contribution in [3.63, 3.8) is 0 Å².